The van der Waals surface area contributed by atoms with E-state index in [0.29, 0.717) is 32.7 Å². The normalized spacial score (nSPS) is 10.7. The van der Waals surface area contributed by atoms with Crippen LogP contribution < -0.4 is 10.5 Å². The van der Waals surface area contributed by atoms with Crippen LogP contribution in [0.3, 0.4) is 0 Å². The summed E-state index contributed by atoms with van der Waals surface area (Å²) in [7, 11) is 0. The van der Waals surface area contributed by atoms with Crippen LogP contribution in [-0.2, 0) is 0 Å². The standard InChI is InChI=1S/C15H10Cl2N2O/c16-9-6-10(17)8-11(7-9)20-14-4-3-13(18)15-12(14)2-1-5-19-15/h1-8H,18H2. The quantitative estimate of drug-likeness (QED) is 0.684. The van der Waals surface area contributed by atoms with Crippen molar-refractivity contribution in [3.05, 3.63) is 58.7 Å². The van der Waals surface area contributed by atoms with Crippen LogP contribution in [0.2, 0.25) is 10.0 Å². The molecule has 0 bridgehead atoms. The minimum Gasteiger partial charge on any atom is -0.457 e. The summed E-state index contributed by atoms with van der Waals surface area (Å²) in [6.07, 6.45) is 1.69. The lowest BCUT2D eigenvalue weighted by atomic mass is 10.1. The average molecular weight is 305 g/mol. The fourth-order valence-corrected chi connectivity index (χ4v) is 2.48. The molecule has 0 fully saturated rings. The Hall–Kier alpha value is -1.97. The predicted molar refractivity (Wildman–Crippen MR) is 82.7 cm³/mol. The van der Waals surface area contributed by atoms with Gasteiger partial charge in [-0.25, -0.2) is 0 Å². The first kappa shape index (κ1) is 13.0. The van der Waals surface area contributed by atoms with Crippen molar-refractivity contribution in [2.45, 2.75) is 0 Å². The lowest BCUT2D eigenvalue weighted by molar-refractivity contribution is 0.488. The summed E-state index contributed by atoms with van der Waals surface area (Å²) in [5.41, 5.74) is 7.22. The largest absolute Gasteiger partial charge is 0.457 e. The van der Waals surface area contributed by atoms with Crippen molar-refractivity contribution < 1.29 is 4.74 Å². The molecular formula is C15H10Cl2N2O. The number of pyridine rings is 1. The Morgan fingerprint density at radius 1 is 1.00 bits per heavy atom. The van der Waals surface area contributed by atoms with Gasteiger partial charge < -0.3 is 10.5 Å². The Labute approximate surface area is 125 Å². The molecule has 100 valence electrons. The van der Waals surface area contributed by atoms with Gasteiger partial charge in [0.25, 0.3) is 0 Å². The third-order valence-electron chi connectivity index (χ3n) is 2.82. The van der Waals surface area contributed by atoms with Gasteiger partial charge in [-0.05, 0) is 42.5 Å². The maximum absolute atomic E-state index is 5.96. The molecule has 0 spiro atoms. The third kappa shape index (κ3) is 2.50. The molecule has 3 nitrogen and oxygen atoms in total. The van der Waals surface area contributed by atoms with Gasteiger partial charge in [0.05, 0.1) is 11.2 Å². The molecule has 2 aromatic carbocycles. The summed E-state index contributed by atoms with van der Waals surface area (Å²) in [6.45, 7) is 0. The maximum atomic E-state index is 5.96. The lowest BCUT2D eigenvalue weighted by Gasteiger charge is -2.10. The topological polar surface area (TPSA) is 48.1 Å². The summed E-state index contributed by atoms with van der Waals surface area (Å²) >= 11 is 11.9. The van der Waals surface area contributed by atoms with Crippen molar-refractivity contribution in [2.24, 2.45) is 0 Å². The van der Waals surface area contributed by atoms with Crippen LogP contribution in [-0.4, -0.2) is 4.98 Å². The number of benzene rings is 2. The number of fused-ring (bicyclic) bond motifs is 1. The van der Waals surface area contributed by atoms with Gasteiger partial charge >= 0.3 is 0 Å². The number of anilines is 1. The summed E-state index contributed by atoms with van der Waals surface area (Å²) in [5.74, 6) is 1.22. The smallest absolute Gasteiger partial charge is 0.136 e. The van der Waals surface area contributed by atoms with Crippen molar-refractivity contribution in [1.82, 2.24) is 4.98 Å². The van der Waals surface area contributed by atoms with Crippen molar-refractivity contribution in [1.29, 1.82) is 0 Å². The van der Waals surface area contributed by atoms with E-state index in [4.69, 9.17) is 33.7 Å². The van der Waals surface area contributed by atoms with E-state index in [0.717, 1.165) is 5.39 Å². The number of hydrogen-bond acceptors (Lipinski definition) is 3. The van der Waals surface area contributed by atoms with Gasteiger partial charge in [0.15, 0.2) is 0 Å². The average Bonchev–Trinajstić information content (AvgIpc) is 2.41. The Morgan fingerprint density at radius 3 is 2.50 bits per heavy atom. The van der Waals surface area contributed by atoms with Crippen LogP contribution in [0, 0.1) is 0 Å². The van der Waals surface area contributed by atoms with Gasteiger partial charge in [-0.2, -0.15) is 0 Å². The zero-order valence-electron chi connectivity index (χ0n) is 10.3. The summed E-state index contributed by atoms with van der Waals surface area (Å²) < 4.78 is 5.84. The highest BCUT2D eigenvalue weighted by Crippen LogP contribution is 2.34. The summed E-state index contributed by atoms with van der Waals surface area (Å²) in [5, 5.41) is 1.87. The van der Waals surface area contributed by atoms with Crippen LogP contribution >= 0.6 is 23.2 Å². The number of halogens is 2. The molecule has 1 aromatic heterocycles. The van der Waals surface area contributed by atoms with Gasteiger partial charge in [-0.3, -0.25) is 4.98 Å². The fourth-order valence-electron chi connectivity index (χ4n) is 1.97. The first-order chi connectivity index (χ1) is 9.63. The highest BCUT2D eigenvalue weighted by atomic mass is 35.5. The van der Waals surface area contributed by atoms with E-state index < -0.39 is 0 Å². The van der Waals surface area contributed by atoms with E-state index in [1.54, 1.807) is 36.5 Å². The Balaban J connectivity index is 2.09. The molecule has 0 aliphatic heterocycles. The van der Waals surface area contributed by atoms with Gasteiger partial charge in [-0.1, -0.05) is 23.2 Å². The Kier molecular flexibility index (Phi) is 3.38. The Morgan fingerprint density at radius 2 is 1.75 bits per heavy atom. The summed E-state index contributed by atoms with van der Waals surface area (Å²) in [4.78, 5) is 4.26. The van der Waals surface area contributed by atoms with Crippen LogP contribution in [0.25, 0.3) is 10.9 Å². The van der Waals surface area contributed by atoms with E-state index in [9.17, 15) is 0 Å². The molecular weight excluding hydrogens is 295 g/mol. The van der Waals surface area contributed by atoms with Gasteiger partial charge in [-0.15, -0.1) is 0 Å². The van der Waals surface area contributed by atoms with Crippen LogP contribution in [0.5, 0.6) is 11.5 Å². The number of aromatic nitrogens is 1. The molecule has 0 aliphatic carbocycles. The lowest BCUT2D eigenvalue weighted by Crippen LogP contribution is -1.92. The minimum atomic E-state index is 0.519. The Bertz CT molecular complexity index is 770. The molecule has 3 rings (SSSR count). The molecule has 0 aliphatic rings. The first-order valence-corrected chi connectivity index (χ1v) is 6.66. The maximum Gasteiger partial charge on any atom is 0.136 e. The van der Waals surface area contributed by atoms with Crippen LogP contribution in [0.1, 0.15) is 0 Å². The summed E-state index contributed by atoms with van der Waals surface area (Å²) in [6, 6.07) is 12.3. The SMILES string of the molecule is Nc1ccc(Oc2cc(Cl)cc(Cl)c2)c2cccnc12. The number of nitrogens with two attached hydrogens (primary N) is 1. The minimum absolute atomic E-state index is 0.519. The van der Waals surface area contributed by atoms with Gasteiger partial charge in [0.2, 0.25) is 0 Å². The molecule has 3 aromatic rings. The van der Waals surface area contributed by atoms with Crippen molar-refractivity contribution >= 4 is 39.8 Å². The van der Waals surface area contributed by atoms with E-state index in [-0.39, 0.29) is 0 Å². The molecule has 0 atom stereocenters. The molecule has 0 radical (unpaired) electrons. The number of nitrogens with zero attached hydrogens (tertiary/aromatic N) is 1. The number of nitrogen functional groups attached to an aromatic ring is 1. The van der Waals surface area contributed by atoms with Crippen molar-refractivity contribution in [3.63, 3.8) is 0 Å². The number of rotatable bonds is 2. The first-order valence-electron chi connectivity index (χ1n) is 5.90. The van der Waals surface area contributed by atoms with Gasteiger partial charge in [0.1, 0.15) is 11.5 Å². The molecule has 2 N–H and O–H groups in total. The van der Waals surface area contributed by atoms with Crippen molar-refractivity contribution in [3.8, 4) is 11.5 Å². The van der Waals surface area contributed by atoms with Crippen molar-refractivity contribution in [2.75, 3.05) is 5.73 Å². The monoisotopic (exact) mass is 304 g/mol. The second-order valence-electron chi connectivity index (χ2n) is 4.26. The highest BCUT2D eigenvalue weighted by Gasteiger charge is 2.08. The molecule has 0 unspecified atom stereocenters. The predicted octanol–water partition coefficient (Wildman–Crippen LogP) is 4.92. The van der Waals surface area contributed by atoms with Gasteiger partial charge in [0, 0.05) is 21.6 Å². The number of ether oxygens (including phenoxy) is 1. The molecule has 0 amide bonds. The van der Waals surface area contributed by atoms with Crippen LogP contribution in [0.4, 0.5) is 5.69 Å². The third-order valence-corrected chi connectivity index (χ3v) is 3.26. The second-order valence-corrected chi connectivity index (χ2v) is 5.13. The van der Waals surface area contributed by atoms with E-state index in [1.807, 2.05) is 12.1 Å². The number of hydrogen-bond donors (Lipinski definition) is 1. The molecule has 5 heteroatoms. The zero-order chi connectivity index (χ0) is 14.1. The molecule has 1 heterocycles. The highest BCUT2D eigenvalue weighted by molar-refractivity contribution is 6.34. The van der Waals surface area contributed by atoms with E-state index in [2.05, 4.69) is 4.98 Å². The second kappa shape index (κ2) is 5.19. The molecule has 0 saturated heterocycles. The molecule has 20 heavy (non-hydrogen) atoms. The fraction of sp³-hybridized carbons (Fsp3) is 0. The zero-order valence-corrected chi connectivity index (χ0v) is 11.8. The van der Waals surface area contributed by atoms with E-state index >= 15 is 0 Å². The molecule has 0 saturated carbocycles. The van der Waals surface area contributed by atoms with Crippen LogP contribution in [0.15, 0.2) is 48.7 Å². The van der Waals surface area contributed by atoms with E-state index in [1.165, 1.54) is 0 Å².